The molecule has 2 aliphatic rings. The molecule has 1 aliphatic carbocycles. The summed E-state index contributed by atoms with van der Waals surface area (Å²) in [4.78, 5) is 14.5. The Morgan fingerprint density at radius 3 is 2.56 bits per heavy atom. The van der Waals surface area contributed by atoms with Crippen molar-refractivity contribution in [3.05, 3.63) is 0 Å². The maximum Gasteiger partial charge on any atom is 0.228 e. The van der Waals surface area contributed by atoms with E-state index in [4.69, 9.17) is 11.6 Å². The number of hydrogen-bond donors (Lipinski definition) is 0. The van der Waals surface area contributed by atoms with Crippen LogP contribution >= 0.6 is 11.6 Å². The van der Waals surface area contributed by atoms with Gasteiger partial charge in [0.2, 0.25) is 5.91 Å². The number of nitrogens with zero attached hydrogens (tertiary/aromatic N) is 1. The van der Waals surface area contributed by atoms with E-state index in [9.17, 15) is 4.79 Å². The van der Waals surface area contributed by atoms with Gasteiger partial charge in [0.25, 0.3) is 0 Å². The molecule has 2 fully saturated rings. The SMILES string of the molecule is CC1CN(C(=O)C2(C)CCCC2)CCC1Cl. The molecular formula is C13H22ClNO. The van der Waals surface area contributed by atoms with Gasteiger partial charge in [0, 0.05) is 23.9 Å². The van der Waals surface area contributed by atoms with Crippen LogP contribution in [0.15, 0.2) is 0 Å². The summed E-state index contributed by atoms with van der Waals surface area (Å²) >= 11 is 6.19. The van der Waals surface area contributed by atoms with Crippen LogP contribution in [0.1, 0.15) is 46.0 Å². The molecule has 1 aliphatic heterocycles. The Hall–Kier alpha value is -0.240. The van der Waals surface area contributed by atoms with Gasteiger partial charge in [-0.3, -0.25) is 4.79 Å². The fourth-order valence-electron chi connectivity index (χ4n) is 3.05. The molecule has 0 aromatic rings. The largest absolute Gasteiger partial charge is 0.342 e. The highest BCUT2D eigenvalue weighted by atomic mass is 35.5. The summed E-state index contributed by atoms with van der Waals surface area (Å²) < 4.78 is 0. The predicted molar refractivity (Wildman–Crippen MR) is 66.6 cm³/mol. The normalized spacial score (nSPS) is 34.1. The highest BCUT2D eigenvalue weighted by Gasteiger charge is 2.40. The first-order chi connectivity index (χ1) is 7.53. The molecule has 2 rings (SSSR count). The zero-order chi connectivity index (χ0) is 11.8. The van der Waals surface area contributed by atoms with Crippen molar-refractivity contribution in [1.29, 1.82) is 0 Å². The maximum absolute atomic E-state index is 12.5. The highest BCUT2D eigenvalue weighted by Crippen LogP contribution is 2.40. The van der Waals surface area contributed by atoms with Crippen molar-refractivity contribution >= 4 is 17.5 Å². The van der Waals surface area contributed by atoms with E-state index in [1.807, 2.05) is 0 Å². The maximum atomic E-state index is 12.5. The van der Waals surface area contributed by atoms with Crippen LogP contribution in [0.4, 0.5) is 0 Å². The number of alkyl halides is 1. The molecule has 1 saturated heterocycles. The second-order valence-electron chi connectivity index (χ2n) is 5.80. The first kappa shape index (κ1) is 12.2. The van der Waals surface area contributed by atoms with Crippen LogP contribution in [0.25, 0.3) is 0 Å². The summed E-state index contributed by atoms with van der Waals surface area (Å²) in [5, 5.41) is 0.250. The third-order valence-corrected chi connectivity index (χ3v) is 4.96. The topological polar surface area (TPSA) is 20.3 Å². The standard InChI is InChI=1S/C13H22ClNO/c1-10-9-15(8-5-11(10)14)12(16)13(2)6-3-4-7-13/h10-11H,3-9H2,1-2H3. The third-order valence-electron chi connectivity index (χ3n) is 4.31. The molecular weight excluding hydrogens is 222 g/mol. The molecule has 92 valence electrons. The average Bonchev–Trinajstić information content (AvgIpc) is 2.70. The summed E-state index contributed by atoms with van der Waals surface area (Å²) in [6.45, 7) is 5.99. The first-order valence-electron chi connectivity index (χ1n) is 6.46. The van der Waals surface area contributed by atoms with Crippen molar-refractivity contribution in [2.45, 2.75) is 51.3 Å². The second-order valence-corrected chi connectivity index (χ2v) is 6.36. The van der Waals surface area contributed by atoms with E-state index in [1.165, 1.54) is 12.8 Å². The van der Waals surface area contributed by atoms with E-state index in [1.54, 1.807) is 0 Å². The molecule has 16 heavy (non-hydrogen) atoms. The zero-order valence-corrected chi connectivity index (χ0v) is 11.1. The van der Waals surface area contributed by atoms with E-state index in [0.29, 0.717) is 11.8 Å². The van der Waals surface area contributed by atoms with E-state index in [2.05, 4.69) is 18.7 Å². The smallest absolute Gasteiger partial charge is 0.228 e. The highest BCUT2D eigenvalue weighted by molar-refractivity contribution is 6.20. The molecule has 1 saturated carbocycles. The third kappa shape index (κ3) is 2.22. The summed E-state index contributed by atoms with van der Waals surface area (Å²) in [5.74, 6) is 0.810. The Morgan fingerprint density at radius 2 is 2.00 bits per heavy atom. The first-order valence-corrected chi connectivity index (χ1v) is 6.90. The Kier molecular flexibility index (Phi) is 3.48. The van der Waals surface area contributed by atoms with Gasteiger partial charge in [0.05, 0.1) is 0 Å². The van der Waals surface area contributed by atoms with Gasteiger partial charge in [-0.25, -0.2) is 0 Å². The fraction of sp³-hybridized carbons (Fsp3) is 0.923. The van der Waals surface area contributed by atoms with Gasteiger partial charge in [0.15, 0.2) is 0 Å². The van der Waals surface area contributed by atoms with Crippen molar-refractivity contribution in [3.63, 3.8) is 0 Å². The number of carbonyl (C=O) groups excluding carboxylic acids is 1. The molecule has 0 aromatic heterocycles. The van der Waals surface area contributed by atoms with Gasteiger partial charge >= 0.3 is 0 Å². The van der Waals surface area contributed by atoms with Crippen LogP contribution in [-0.4, -0.2) is 29.3 Å². The molecule has 0 N–H and O–H groups in total. The Labute approximate surface area is 103 Å². The fourth-order valence-corrected chi connectivity index (χ4v) is 3.23. The van der Waals surface area contributed by atoms with Crippen molar-refractivity contribution in [2.75, 3.05) is 13.1 Å². The number of carbonyl (C=O) groups is 1. The Balaban J connectivity index is 2.00. The van der Waals surface area contributed by atoms with Crippen LogP contribution < -0.4 is 0 Å². The molecule has 0 bridgehead atoms. The van der Waals surface area contributed by atoms with Crippen molar-refractivity contribution in [2.24, 2.45) is 11.3 Å². The van der Waals surface area contributed by atoms with Crippen molar-refractivity contribution < 1.29 is 4.79 Å². The number of likely N-dealkylation sites (tertiary alicyclic amines) is 1. The van der Waals surface area contributed by atoms with Crippen molar-refractivity contribution in [3.8, 4) is 0 Å². The van der Waals surface area contributed by atoms with Crippen LogP contribution in [-0.2, 0) is 4.79 Å². The van der Waals surface area contributed by atoms with Crippen LogP contribution in [0.5, 0.6) is 0 Å². The second kappa shape index (κ2) is 4.56. The van der Waals surface area contributed by atoms with Gasteiger partial charge in [-0.1, -0.05) is 26.7 Å². The molecule has 0 spiro atoms. The number of hydrogen-bond acceptors (Lipinski definition) is 1. The molecule has 2 atom stereocenters. The number of amides is 1. The molecule has 0 aromatic carbocycles. The monoisotopic (exact) mass is 243 g/mol. The van der Waals surface area contributed by atoms with Crippen LogP contribution in [0.2, 0.25) is 0 Å². The van der Waals surface area contributed by atoms with E-state index in [-0.39, 0.29) is 10.8 Å². The molecule has 0 radical (unpaired) electrons. The van der Waals surface area contributed by atoms with Gasteiger partial charge < -0.3 is 4.90 Å². The summed E-state index contributed by atoms with van der Waals surface area (Å²) in [7, 11) is 0. The lowest BCUT2D eigenvalue weighted by Crippen LogP contribution is -2.48. The molecule has 1 heterocycles. The number of rotatable bonds is 1. The molecule has 1 amide bonds. The lowest BCUT2D eigenvalue weighted by Gasteiger charge is -2.38. The minimum absolute atomic E-state index is 0.0706. The molecule has 2 unspecified atom stereocenters. The minimum Gasteiger partial charge on any atom is -0.342 e. The van der Waals surface area contributed by atoms with E-state index < -0.39 is 0 Å². The van der Waals surface area contributed by atoms with Gasteiger partial charge in [-0.15, -0.1) is 11.6 Å². The van der Waals surface area contributed by atoms with E-state index in [0.717, 1.165) is 32.4 Å². The van der Waals surface area contributed by atoms with Crippen LogP contribution in [0.3, 0.4) is 0 Å². The van der Waals surface area contributed by atoms with Crippen molar-refractivity contribution in [1.82, 2.24) is 4.90 Å². The van der Waals surface area contributed by atoms with Gasteiger partial charge in [0.1, 0.15) is 0 Å². The quantitative estimate of drug-likeness (QED) is 0.649. The minimum atomic E-state index is -0.0706. The number of piperidine rings is 1. The summed E-state index contributed by atoms with van der Waals surface area (Å²) in [5.41, 5.74) is -0.0706. The van der Waals surface area contributed by atoms with Gasteiger partial charge in [-0.2, -0.15) is 0 Å². The molecule has 2 nitrogen and oxygen atoms in total. The lowest BCUT2D eigenvalue weighted by atomic mass is 9.86. The van der Waals surface area contributed by atoms with E-state index >= 15 is 0 Å². The summed E-state index contributed by atoms with van der Waals surface area (Å²) in [6, 6.07) is 0. The zero-order valence-electron chi connectivity index (χ0n) is 10.3. The Bertz CT molecular complexity index is 273. The number of halogens is 1. The summed E-state index contributed by atoms with van der Waals surface area (Å²) in [6.07, 6.45) is 5.51. The predicted octanol–water partition coefficient (Wildman–Crippen LogP) is 3.04. The lowest BCUT2D eigenvalue weighted by molar-refractivity contribution is -0.142. The van der Waals surface area contributed by atoms with Gasteiger partial charge in [-0.05, 0) is 25.2 Å². The van der Waals surface area contributed by atoms with Crippen LogP contribution in [0, 0.1) is 11.3 Å². The Morgan fingerprint density at radius 1 is 1.38 bits per heavy atom. The molecule has 3 heteroatoms. The average molecular weight is 244 g/mol.